The number of alkyl halides is 12. The number of halogens is 12. The molecule has 33 heteroatoms. The molecule has 12 heterocycles. The van der Waals surface area contributed by atoms with E-state index in [1.807, 2.05) is 6.92 Å². The predicted molar refractivity (Wildman–Crippen MR) is 435 cm³/mol. The summed E-state index contributed by atoms with van der Waals surface area (Å²) in [5, 5.41) is 29.1. The topological polar surface area (TPSA) is 226 Å². The van der Waals surface area contributed by atoms with Gasteiger partial charge in [-0.15, -0.1) is 0 Å². The molecule has 122 heavy (non-hydrogen) atoms. The Kier molecular flexibility index (Phi) is 29.7. The van der Waals surface area contributed by atoms with Gasteiger partial charge in [-0.05, 0) is 180 Å². The van der Waals surface area contributed by atoms with Crippen molar-refractivity contribution in [1.29, 1.82) is 0 Å². The van der Waals surface area contributed by atoms with Crippen LogP contribution in [0, 0.1) is 0 Å². The first-order chi connectivity index (χ1) is 57.9. The second-order valence-corrected chi connectivity index (χ2v) is 32.8. The van der Waals surface area contributed by atoms with Gasteiger partial charge in [-0.1, -0.05) is 108 Å². The van der Waals surface area contributed by atoms with Gasteiger partial charge >= 0.3 is 24.7 Å². The highest BCUT2D eigenvalue weighted by Crippen LogP contribution is 2.45. The molecule has 0 radical (unpaired) electrons. The van der Waals surface area contributed by atoms with Gasteiger partial charge in [0.25, 0.3) is 23.6 Å². The van der Waals surface area contributed by atoms with Gasteiger partial charge in [0, 0.05) is 151 Å². The summed E-state index contributed by atoms with van der Waals surface area (Å²) in [5.41, 5.74) is 8.39. The zero-order chi connectivity index (χ0) is 86.1. The molecule has 0 saturated carbocycles. The lowest BCUT2D eigenvalue weighted by molar-refractivity contribution is -0.139. The average Bonchev–Trinajstić information content (AvgIpc) is 1.61. The van der Waals surface area contributed by atoms with Crippen LogP contribution in [0.3, 0.4) is 0 Å². The Morgan fingerprint density at radius 3 is 0.959 bits per heavy atom. The zero-order valence-corrected chi connectivity index (χ0v) is 68.7. The molecule has 4 aromatic carbocycles. The number of aryl methyl sites for hydroxylation is 1. The van der Waals surface area contributed by atoms with Crippen molar-refractivity contribution in [2.45, 2.75) is 219 Å². The number of benzene rings is 4. The fourth-order valence-electron chi connectivity index (χ4n) is 18.7. The van der Waals surface area contributed by atoms with Gasteiger partial charge in [0.2, 0.25) is 5.91 Å². The van der Waals surface area contributed by atoms with E-state index >= 15 is 0 Å². The number of hydrogen-bond acceptors (Lipinski definition) is 12. The minimum atomic E-state index is -4.39. The van der Waals surface area contributed by atoms with Crippen molar-refractivity contribution >= 4 is 29.5 Å². The summed E-state index contributed by atoms with van der Waals surface area (Å²) in [6, 6.07) is 23.0. The quantitative estimate of drug-likeness (QED) is 0.0703. The van der Waals surface area contributed by atoms with Crippen LogP contribution in [0.5, 0.6) is 0 Å². The molecule has 5 amide bonds. The maximum Gasteiger partial charge on any atom is 0.416 e. The first-order valence-electron chi connectivity index (χ1n) is 42.4. The van der Waals surface area contributed by atoms with Crippen LogP contribution in [0.25, 0.3) is 0 Å². The van der Waals surface area contributed by atoms with Gasteiger partial charge in [0.15, 0.2) is 22.8 Å². The number of fused-ring (bicyclic) bond motifs is 4. The third kappa shape index (κ3) is 21.1. The number of rotatable bonds is 15. The Morgan fingerprint density at radius 1 is 0.328 bits per heavy atom. The zero-order valence-electron chi connectivity index (χ0n) is 68.7. The Bertz CT molecular complexity index is 4880. The van der Waals surface area contributed by atoms with E-state index in [2.05, 4.69) is 76.3 Å². The van der Waals surface area contributed by atoms with Gasteiger partial charge in [0.1, 0.15) is 0 Å². The van der Waals surface area contributed by atoms with Crippen molar-refractivity contribution < 1.29 is 76.7 Å². The molecule has 8 aliphatic rings. The van der Waals surface area contributed by atoms with Crippen LogP contribution in [-0.4, -0.2) is 201 Å². The number of carbonyl (C=O) groups is 5. The summed E-state index contributed by atoms with van der Waals surface area (Å²) in [4.78, 5) is 80.2. The number of nitrogens with one attached hydrogen (secondary N) is 4. The molecule has 0 aliphatic carbocycles. The largest absolute Gasteiger partial charge is 0.416 e. The molecule has 0 spiro atoms. The normalized spacial score (nSPS) is 18.1. The number of nitrogens with zero attached hydrogens (tertiary/aromatic N) is 12. The van der Waals surface area contributed by atoms with Gasteiger partial charge in [-0.25, -0.2) is 0 Å². The van der Waals surface area contributed by atoms with Crippen molar-refractivity contribution in [3.05, 3.63) is 209 Å². The first kappa shape index (κ1) is 91.3. The fourth-order valence-corrected chi connectivity index (χ4v) is 18.7. The monoisotopic (exact) mass is 1710 g/mol. The van der Waals surface area contributed by atoms with Crippen molar-refractivity contribution in [3.8, 4) is 0 Å². The summed E-state index contributed by atoms with van der Waals surface area (Å²) in [5.74, 6) is -1.36. The fraction of sp³-hybridized carbons (Fsp3) is 0.539. The summed E-state index contributed by atoms with van der Waals surface area (Å²) < 4.78 is 160. The maximum atomic E-state index is 13.4. The Labute approximate surface area is 703 Å². The standard InChI is InChI=1S/C23H27F3N4O2.2C22H27F3N4O.C21H25F3N4O.CH4/c1-2-20(31)30-11-5-8-19-17(14-30)21(28-27-19)22(32)29-12-9-15(10-13-29)16-6-3-4-7-18(16)23(24,25)26;1-2-10-28-11-9-19-17(14-28)20(27-26-19)21(30)29-12-7-15(8-13-29)16-5-3-4-6-18(16)22(23,24)25;1-2-10-28-11-9-17-19(14-28)26-27-20(17)21(30)29-12-7-15(8-13-29)16-5-3-4-6-18(16)22(23,24)25;1-2-9-27-12-16-18(13-27)25-26-19(16)20(29)28-10-7-14(8-11-28)15-5-3-4-6-17(15)21(22,23)24;/h3-4,6-7,15H,2,5,8-14H2,1H3,(H,27,28);2*3-6,15H,2,7-14H2,1H3,(H,26,27);3-6,14H,2,7-13H2,1H3,(H,25,26);1H4. The molecule has 8 aliphatic heterocycles. The van der Waals surface area contributed by atoms with Gasteiger partial charge < -0.3 is 24.5 Å². The molecular formula is C89H110F12N16O5. The molecule has 0 unspecified atom stereocenters. The number of amides is 5. The summed E-state index contributed by atoms with van der Waals surface area (Å²) in [7, 11) is 0. The van der Waals surface area contributed by atoms with Crippen LogP contribution in [-0.2, 0) is 81.5 Å². The molecule has 21 nitrogen and oxygen atoms in total. The number of piperidine rings is 4. The Hall–Kier alpha value is -9.89. The molecule has 0 atom stereocenters. The second-order valence-electron chi connectivity index (χ2n) is 32.8. The second kappa shape index (κ2) is 39.7. The lowest BCUT2D eigenvalue weighted by Crippen LogP contribution is -2.39. The van der Waals surface area contributed by atoms with Crippen LogP contribution in [0.15, 0.2) is 97.1 Å². The summed E-state index contributed by atoms with van der Waals surface area (Å²) >= 11 is 0. The summed E-state index contributed by atoms with van der Waals surface area (Å²) in [6.45, 7) is 20.5. The van der Waals surface area contributed by atoms with Crippen molar-refractivity contribution in [2.24, 2.45) is 0 Å². The SMILES string of the molecule is C.CCC(=O)N1CCCc2[nH]nc(C(=O)N3CCC(c4ccccc4C(F)(F)F)CC3)c2C1.CCCN1CCc2[nH]nc(C(=O)N3CCC(c4ccccc4C(F)(F)F)CC3)c2C1.CCCN1CCc2c(C(=O)N3CCC(c4ccccc4C(F)(F)F)CC3)n[nH]c2C1.CCCN1Cc2[nH]nc(C(=O)N3CCC(c4ccccc4C(F)(F)F)CC3)c2C1. The third-order valence-electron chi connectivity index (χ3n) is 24.9. The number of aromatic nitrogens is 8. The molecule has 4 N–H and O–H groups in total. The molecule has 8 aromatic rings. The van der Waals surface area contributed by atoms with E-state index in [4.69, 9.17) is 0 Å². The van der Waals surface area contributed by atoms with E-state index in [0.29, 0.717) is 168 Å². The average molecular weight is 1710 g/mol. The number of likely N-dealkylation sites (tertiary alicyclic amines) is 4. The van der Waals surface area contributed by atoms with Crippen molar-refractivity contribution in [2.75, 3.05) is 91.6 Å². The van der Waals surface area contributed by atoms with E-state index in [-0.39, 0.29) is 60.6 Å². The summed E-state index contributed by atoms with van der Waals surface area (Å²) in [6.07, 6.45) is -6.63. The number of hydrogen-bond donors (Lipinski definition) is 4. The molecule has 4 saturated heterocycles. The third-order valence-corrected chi connectivity index (χ3v) is 24.9. The van der Waals surface area contributed by atoms with Gasteiger partial charge in [0.05, 0.1) is 33.6 Å². The molecule has 4 fully saturated rings. The van der Waals surface area contributed by atoms with E-state index < -0.39 is 47.0 Å². The highest BCUT2D eigenvalue weighted by molar-refractivity contribution is 5.96. The highest BCUT2D eigenvalue weighted by atomic mass is 19.4. The molecule has 16 rings (SSSR count). The van der Waals surface area contributed by atoms with Gasteiger partial charge in [-0.3, -0.25) is 59.1 Å². The van der Waals surface area contributed by atoms with Crippen molar-refractivity contribution in [3.63, 3.8) is 0 Å². The van der Waals surface area contributed by atoms with Crippen LogP contribution in [0.2, 0.25) is 0 Å². The minimum absolute atomic E-state index is 0. The van der Waals surface area contributed by atoms with E-state index in [0.717, 1.165) is 173 Å². The van der Waals surface area contributed by atoms with Gasteiger partial charge in [-0.2, -0.15) is 73.1 Å². The molecule has 0 bridgehead atoms. The predicted octanol–water partition coefficient (Wildman–Crippen LogP) is 17.4. The molecular weight excluding hydrogens is 1600 g/mol. The maximum absolute atomic E-state index is 13.4. The first-order valence-corrected chi connectivity index (χ1v) is 42.4. The van der Waals surface area contributed by atoms with E-state index in [1.54, 1.807) is 67.0 Å². The van der Waals surface area contributed by atoms with Crippen LogP contribution >= 0.6 is 0 Å². The van der Waals surface area contributed by atoms with Crippen LogP contribution in [0.1, 0.15) is 274 Å². The highest BCUT2D eigenvalue weighted by Gasteiger charge is 2.43. The molecule has 660 valence electrons. The Balaban J connectivity index is 0.000000148. The minimum Gasteiger partial charge on any atom is -0.338 e. The Morgan fingerprint density at radius 2 is 0.607 bits per heavy atom. The smallest absolute Gasteiger partial charge is 0.338 e. The van der Waals surface area contributed by atoms with Crippen LogP contribution < -0.4 is 0 Å². The number of carbonyl (C=O) groups excluding carboxylic acids is 5. The van der Waals surface area contributed by atoms with Crippen molar-refractivity contribution in [1.82, 2.24) is 80.0 Å². The van der Waals surface area contributed by atoms with E-state index in [9.17, 15) is 76.7 Å². The number of aromatic amines is 4. The number of H-pyrrole nitrogens is 4. The molecule has 4 aromatic heterocycles. The van der Waals surface area contributed by atoms with Crippen LogP contribution in [0.4, 0.5) is 52.7 Å². The lowest BCUT2D eigenvalue weighted by Gasteiger charge is -2.33. The van der Waals surface area contributed by atoms with E-state index in [1.165, 1.54) is 30.3 Å². The lowest BCUT2D eigenvalue weighted by atomic mass is 9.86.